The molecule has 0 spiro atoms. The number of carbonyl (C=O) groups is 1. The first-order chi connectivity index (χ1) is 11.7. The summed E-state index contributed by atoms with van der Waals surface area (Å²) in [5, 5.41) is 9.24. The van der Waals surface area contributed by atoms with Gasteiger partial charge in [0.25, 0.3) is 5.60 Å². The highest BCUT2D eigenvalue weighted by atomic mass is 19.4. The molecule has 0 heterocycles. The summed E-state index contributed by atoms with van der Waals surface area (Å²) in [6.45, 7) is 3.86. The van der Waals surface area contributed by atoms with Crippen LogP contribution in [0.5, 0.6) is 0 Å². The zero-order chi connectivity index (χ0) is 20.0. The molecule has 0 saturated heterocycles. The van der Waals surface area contributed by atoms with Crippen molar-refractivity contribution >= 4 is 5.78 Å². The van der Waals surface area contributed by atoms with E-state index >= 15 is 0 Å². The molecular formula is C18H26F6O2. The second-order valence-electron chi connectivity index (χ2n) is 8.29. The van der Waals surface area contributed by atoms with Gasteiger partial charge in [0, 0.05) is 12.3 Å². The molecule has 0 radical (unpaired) electrons. The molecule has 2 unspecified atom stereocenters. The number of fused-ring (bicyclic) bond motifs is 1. The van der Waals surface area contributed by atoms with Gasteiger partial charge in [-0.3, -0.25) is 4.79 Å². The van der Waals surface area contributed by atoms with Crippen LogP contribution < -0.4 is 0 Å². The number of alkyl halides is 6. The van der Waals surface area contributed by atoms with Gasteiger partial charge in [0.2, 0.25) is 0 Å². The number of aliphatic hydroxyl groups is 1. The molecule has 2 aliphatic carbocycles. The maximum absolute atomic E-state index is 12.7. The van der Waals surface area contributed by atoms with Gasteiger partial charge in [0.1, 0.15) is 5.78 Å². The first kappa shape index (κ1) is 21.5. The highest BCUT2D eigenvalue weighted by Crippen LogP contribution is 2.57. The Labute approximate surface area is 149 Å². The summed E-state index contributed by atoms with van der Waals surface area (Å²) in [6.07, 6.45) is -9.37. The van der Waals surface area contributed by atoms with Crippen LogP contribution in [-0.4, -0.2) is 28.8 Å². The van der Waals surface area contributed by atoms with Crippen molar-refractivity contribution in [1.82, 2.24) is 0 Å². The van der Waals surface area contributed by atoms with E-state index in [4.69, 9.17) is 0 Å². The van der Waals surface area contributed by atoms with Gasteiger partial charge in [0.05, 0.1) is 0 Å². The summed E-state index contributed by atoms with van der Waals surface area (Å²) in [7, 11) is 0. The van der Waals surface area contributed by atoms with Crippen molar-refractivity contribution < 1.29 is 36.2 Å². The number of halogens is 6. The average molecular weight is 388 g/mol. The van der Waals surface area contributed by atoms with E-state index in [1.807, 2.05) is 13.8 Å². The third kappa shape index (κ3) is 3.62. The van der Waals surface area contributed by atoms with E-state index in [0.717, 1.165) is 25.7 Å². The maximum atomic E-state index is 12.7. The molecule has 2 saturated carbocycles. The zero-order valence-electron chi connectivity index (χ0n) is 15.0. The highest BCUT2D eigenvalue weighted by Gasteiger charge is 2.69. The first-order valence-corrected chi connectivity index (χ1v) is 9.12. The van der Waals surface area contributed by atoms with Gasteiger partial charge < -0.3 is 5.11 Å². The summed E-state index contributed by atoms with van der Waals surface area (Å²) < 4.78 is 76.5. The Morgan fingerprint density at radius 2 is 1.73 bits per heavy atom. The van der Waals surface area contributed by atoms with Crippen molar-refractivity contribution in [2.24, 2.45) is 23.2 Å². The topological polar surface area (TPSA) is 37.3 Å². The lowest BCUT2D eigenvalue weighted by Gasteiger charge is -2.42. The normalized spacial score (nSPS) is 31.8. The number of ketones is 1. The summed E-state index contributed by atoms with van der Waals surface area (Å²) in [5.41, 5.74) is -4.87. The fraction of sp³-hybridized carbons (Fsp3) is 0.944. The van der Waals surface area contributed by atoms with Crippen LogP contribution in [0.15, 0.2) is 0 Å². The van der Waals surface area contributed by atoms with Gasteiger partial charge in [0.15, 0.2) is 0 Å². The molecule has 4 atom stereocenters. The van der Waals surface area contributed by atoms with E-state index in [1.165, 1.54) is 0 Å². The van der Waals surface area contributed by atoms with Crippen LogP contribution >= 0.6 is 0 Å². The summed E-state index contributed by atoms with van der Waals surface area (Å²) >= 11 is 0. The number of rotatable bonds is 5. The predicted octanol–water partition coefficient (Wildman–Crippen LogP) is 5.43. The molecule has 0 amide bonds. The fourth-order valence-electron chi connectivity index (χ4n) is 5.23. The number of hydrogen-bond donors (Lipinski definition) is 1. The van der Waals surface area contributed by atoms with Crippen molar-refractivity contribution in [1.29, 1.82) is 0 Å². The molecule has 0 aromatic rings. The van der Waals surface area contributed by atoms with E-state index in [2.05, 4.69) is 0 Å². The molecule has 152 valence electrons. The summed E-state index contributed by atoms with van der Waals surface area (Å²) in [5.74, 6) is 0.214. The minimum Gasteiger partial charge on any atom is -0.374 e. The maximum Gasteiger partial charge on any atom is 0.426 e. The Hall–Kier alpha value is -0.790. The van der Waals surface area contributed by atoms with Crippen LogP contribution in [0.3, 0.4) is 0 Å². The number of carbonyl (C=O) groups excluding carboxylic acids is 1. The lowest BCUT2D eigenvalue weighted by molar-refractivity contribution is -0.370. The second-order valence-corrected chi connectivity index (χ2v) is 8.29. The largest absolute Gasteiger partial charge is 0.426 e. The van der Waals surface area contributed by atoms with Crippen LogP contribution in [0.4, 0.5) is 26.3 Å². The van der Waals surface area contributed by atoms with E-state index < -0.39 is 24.4 Å². The zero-order valence-corrected chi connectivity index (χ0v) is 15.0. The van der Waals surface area contributed by atoms with Gasteiger partial charge in [-0.25, -0.2) is 0 Å². The van der Waals surface area contributed by atoms with Crippen molar-refractivity contribution in [3.63, 3.8) is 0 Å². The van der Waals surface area contributed by atoms with Crippen molar-refractivity contribution in [2.75, 3.05) is 0 Å². The molecule has 0 aromatic heterocycles. The lowest BCUT2D eigenvalue weighted by Crippen LogP contribution is -2.56. The van der Waals surface area contributed by atoms with E-state index in [9.17, 15) is 36.2 Å². The van der Waals surface area contributed by atoms with Crippen LogP contribution in [0.1, 0.15) is 65.2 Å². The Kier molecular flexibility index (Phi) is 5.78. The number of hydrogen-bond acceptors (Lipinski definition) is 2. The predicted molar refractivity (Wildman–Crippen MR) is 83.3 cm³/mol. The number of Topliss-reactive ketones (excluding diaryl/α,β-unsaturated/α-hetero) is 1. The molecule has 2 rings (SSSR count). The van der Waals surface area contributed by atoms with Crippen LogP contribution in [0.25, 0.3) is 0 Å². The minimum absolute atomic E-state index is 0.0361. The molecule has 26 heavy (non-hydrogen) atoms. The molecular weight excluding hydrogens is 362 g/mol. The van der Waals surface area contributed by atoms with Crippen LogP contribution in [0.2, 0.25) is 0 Å². The minimum atomic E-state index is -5.76. The lowest BCUT2D eigenvalue weighted by atomic mass is 9.62. The third-order valence-electron chi connectivity index (χ3n) is 6.76. The second kappa shape index (κ2) is 6.99. The monoisotopic (exact) mass is 388 g/mol. The molecule has 2 aliphatic rings. The Morgan fingerprint density at radius 3 is 2.27 bits per heavy atom. The van der Waals surface area contributed by atoms with Crippen LogP contribution in [-0.2, 0) is 4.79 Å². The van der Waals surface area contributed by atoms with Gasteiger partial charge in [-0.2, -0.15) is 26.3 Å². The molecule has 0 aliphatic heterocycles. The van der Waals surface area contributed by atoms with Gasteiger partial charge in [-0.1, -0.05) is 20.3 Å². The summed E-state index contributed by atoms with van der Waals surface area (Å²) in [6, 6.07) is 0. The average Bonchev–Trinajstić information content (AvgIpc) is 2.83. The smallest absolute Gasteiger partial charge is 0.374 e. The summed E-state index contributed by atoms with van der Waals surface area (Å²) in [4.78, 5) is 12.1. The van der Waals surface area contributed by atoms with Crippen molar-refractivity contribution in [3.8, 4) is 0 Å². The standard InChI is InChI=1S/C18H26F6O2/c1-11(5-3-10-16(26,17(19,20)21)18(22,23)24)12-7-8-13-14(25)6-4-9-15(12,13)2/h11-13,26H,3-10H2,1-2H3/t11?,12-,13?,15-/m1/s1. The fourth-order valence-corrected chi connectivity index (χ4v) is 5.23. The first-order valence-electron chi connectivity index (χ1n) is 9.12. The Balaban J connectivity index is 2.00. The van der Waals surface area contributed by atoms with Crippen molar-refractivity contribution in [2.45, 2.75) is 83.2 Å². The van der Waals surface area contributed by atoms with E-state index in [-0.39, 0.29) is 41.8 Å². The van der Waals surface area contributed by atoms with E-state index in [0.29, 0.717) is 6.42 Å². The molecule has 0 aromatic carbocycles. The SMILES string of the molecule is CC(CCCC(O)(C(F)(F)F)C(F)(F)F)[C@H]1CCC2C(=O)CCC[C@@]21C. The quantitative estimate of drug-likeness (QED) is 0.638. The Morgan fingerprint density at radius 1 is 1.15 bits per heavy atom. The van der Waals surface area contributed by atoms with Gasteiger partial charge >= 0.3 is 12.4 Å². The third-order valence-corrected chi connectivity index (χ3v) is 6.76. The van der Waals surface area contributed by atoms with E-state index in [1.54, 1.807) is 0 Å². The molecule has 2 nitrogen and oxygen atoms in total. The molecule has 1 N–H and O–H groups in total. The van der Waals surface area contributed by atoms with Crippen molar-refractivity contribution in [3.05, 3.63) is 0 Å². The Bertz CT molecular complexity index is 513. The highest BCUT2D eigenvalue weighted by molar-refractivity contribution is 5.83. The molecule has 2 fully saturated rings. The van der Waals surface area contributed by atoms with Gasteiger partial charge in [-0.15, -0.1) is 0 Å². The van der Waals surface area contributed by atoms with Crippen LogP contribution in [0, 0.1) is 23.2 Å². The van der Waals surface area contributed by atoms with Gasteiger partial charge in [-0.05, 0) is 55.8 Å². The molecule has 8 heteroatoms. The molecule has 0 bridgehead atoms.